The molecule has 0 aliphatic carbocycles. The van der Waals surface area contributed by atoms with Crippen LogP contribution in [0.5, 0.6) is 5.75 Å². The van der Waals surface area contributed by atoms with E-state index in [-0.39, 0.29) is 22.4 Å². The summed E-state index contributed by atoms with van der Waals surface area (Å²) in [5.41, 5.74) is 0.691. The third-order valence-corrected chi connectivity index (χ3v) is 4.52. The van der Waals surface area contributed by atoms with Crippen LogP contribution in [-0.2, 0) is 4.79 Å². The molecule has 26 heavy (non-hydrogen) atoms. The van der Waals surface area contributed by atoms with Gasteiger partial charge in [0, 0.05) is 31.3 Å². The van der Waals surface area contributed by atoms with Gasteiger partial charge in [0.2, 0.25) is 5.91 Å². The Morgan fingerprint density at radius 2 is 2.00 bits per heavy atom. The molecule has 2 aromatic rings. The van der Waals surface area contributed by atoms with Crippen molar-refractivity contribution in [1.82, 2.24) is 4.98 Å². The highest BCUT2D eigenvalue weighted by molar-refractivity contribution is 5.93. The van der Waals surface area contributed by atoms with E-state index in [9.17, 15) is 14.9 Å². The maximum atomic E-state index is 12.5. The molecule has 8 nitrogen and oxygen atoms in total. The van der Waals surface area contributed by atoms with Gasteiger partial charge in [0.25, 0.3) is 5.69 Å². The minimum absolute atomic E-state index is 0.0913. The van der Waals surface area contributed by atoms with Gasteiger partial charge in [-0.1, -0.05) is 12.1 Å². The van der Waals surface area contributed by atoms with Crippen LogP contribution in [0.4, 0.5) is 17.2 Å². The summed E-state index contributed by atoms with van der Waals surface area (Å²) in [5.74, 6) is 0.643. The topological polar surface area (TPSA) is 97.6 Å². The van der Waals surface area contributed by atoms with Crippen LogP contribution < -0.4 is 15.0 Å². The molecule has 1 amide bonds. The van der Waals surface area contributed by atoms with Crippen molar-refractivity contribution in [2.24, 2.45) is 5.92 Å². The number of methoxy groups -OCH3 is 1. The number of anilines is 2. The number of piperidine rings is 1. The Morgan fingerprint density at radius 1 is 1.27 bits per heavy atom. The van der Waals surface area contributed by atoms with Crippen molar-refractivity contribution < 1.29 is 14.5 Å². The number of hydrogen-bond donors (Lipinski definition) is 1. The lowest BCUT2D eigenvalue weighted by molar-refractivity contribution is -0.384. The van der Waals surface area contributed by atoms with Crippen LogP contribution in [0.25, 0.3) is 0 Å². The first-order valence-corrected chi connectivity index (χ1v) is 8.38. The van der Waals surface area contributed by atoms with Crippen molar-refractivity contribution in [3.63, 3.8) is 0 Å². The molecule has 0 saturated carbocycles. The molecule has 0 atom stereocenters. The largest absolute Gasteiger partial charge is 0.493 e. The number of nitro benzene ring substituents is 1. The van der Waals surface area contributed by atoms with Gasteiger partial charge in [0.15, 0.2) is 11.6 Å². The van der Waals surface area contributed by atoms with Gasteiger partial charge < -0.3 is 15.0 Å². The number of nitro groups is 1. The minimum atomic E-state index is -0.374. The number of aromatic nitrogens is 1. The molecule has 1 aliphatic heterocycles. The average molecular weight is 356 g/mol. The summed E-state index contributed by atoms with van der Waals surface area (Å²) in [6.45, 7) is 1.17. The van der Waals surface area contributed by atoms with E-state index in [1.807, 2.05) is 4.90 Å². The number of rotatable bonds is 5. The monoisotopic (exact) mass is 356 g/mol. The smallest absolute Gasteiger partial charge is 0.292 e. The number of hydrogen-bond acceptors (Lipinski definition) is 6. The van der Waals surface area contributed by atoms with Gasteiger partial charge in [-0.25, -0.2) is 4.98 Å². The Hall–Kier alpha value is -3.16. The summed E-state index contributed by atoms with van der Waals surface area (Å²) in [7, 11) is 1.53. The SMILES string of the molecule is COc1cccnc1NC(=O)C1CCN(c2ccccc2[N+](=O)[O-])CC1. The number of ether oxygens (including phenoxy) is 1. The first kappa shape index (κ1) is 17.7. The molecule has 0 radical (unpaired) electrons. The second kappa shape index (κ2) is 7.81. The van der Waals surface area contributed by atoms with Crippen molar-refractivity contribution in [3.05, 3.63) is 52.7 Å². The van der Waals surface area contributed by atoms with Crippen molar-refractivity contribution in [2.45, 2.75) is 12.8 Å². The molecule has 1 N–H and O–H groups in total. The van der Waals surface area contributed by atoms with Gasteiger partial charge >= 0.3 is 0 Å². The average Bonchev–Trinajstić information content (AvgIpc) is 2.68. The lowest BCUT2D eigenvalue weighted by Crippen LogP contribution is -2.38. The zero-order valence-corrected chi connectivity index (χ0v) is 14.4. The van der Waals surface area contributed by atoms with Crippen LogP contribution in [0.15, 0.2) is 42.6 Å². The third-order valence-electron chi connectivity index (χ3n) is 4.52. The molecule has 0 unspecified atom stereocenters. The summed E-state index contributed by atoms with van der Waals surface area (Å²) in [4.78, 5) is 29.4. The zero-order chi connectivity index (χ0) is 18.5. The van der Waals surface area contributed by atoms with Gasteiger partial charge in [-0.2, -0.15) is 0 Å². The number of benzene rings is 1. The second-order valence-corrected chi connectivity index (χ2v) is 6.05. The standard InChI is InChI=1S/C18H20N4O4/c1-26-16-7-4-10-19-17(16)20-18(23)13-8-11-21(12-9-13)14-5-2-3-6-15(14)22(24)25/h2-7,10,13H,8-9,11-12H2,1H3,(H,19,20,23). The molecule has 0 spiro atoms. The quantitative estimate of drug-likeness (QED) is 0.653. The fourth-order valence-corrected chi connectivity index (χ4v) is 3.14. The summed E-state index contributed by atoms with van der Waals surface area (Å²) in [6.07, 6.45) is 2.83. The highest BCUT2D eigenvalue weighted by atomic mass is 16.6. The van der Waals surface area contributed by atoms with Crippen molar-refractivity contribution in [1.29, 1.82) is 0 Å². The molecule has 136 valence electrons. The summed E-state index contributed by atoms with van der Waals surface area (Å²) >= 11 is 0. The van der Waals surface area contributed by atoms with E-state index in [4.69, 9.17) is 4.74 Å². The van der Waals surface area contributed by atoms with Gasteiger partial charge in [-0.05, 0) is 31.0 Å². The predicted octanol–water partition coefficient (Wildman–Crippen LogP) is 2.85. The molecule has 1 aromatic heterocycles. The van der Waals surface area contributed by atoms with Gasteiger partial charge in [0.05, 0.1) is 12.0 Å². The number of nitrogens with zero attached hydrogens (tertiary/aromatic N) is 3. The lowest BCUT2D eigenvalue weighted by atomic mass is 9.95. The summed E-state index contributed by atoms with van der Waals surface area (Å²) in [6, 6.07) is 10.2. The van der Waals surface area contributed by atoms with E-state index in [0.717, 1.165) is 0 Å². The minimum Gasteiger partial charge on any atom is -0.493 e. The molecular weight excluding hydrogens is 336 g/mol. The lowest BCUT2D eigenvalue weighted by Gasteiger charge is -2.32. The molecule has 3 rings (SSSR count). The third kappa shape index (κ3) is 3.74. The van der Waals surface area contributed by atoms with Crippen molar-refractivity contribution in [2.75, 3.05) is 30.4 Å². The number of pyridine rings is 1. The first-order valence-electron chi connectivity index (χ1n) is 8.38. The first-order chi connectivity index (χ1) is 12.6. The number of carbonyl (C=O) groups excluding carboxylic acids is 1. The zero-order valence-electron chi connectivity index (χ0n) is 14.4. The second-order valence-electron chi connectivity index (χ2n) is 6.05. The number of nitrogens with one attached hydrogen (secondary N) is 1. The molecule has 1 saturated heterocycles. The Bertz CT molecular complexity index is 803. The maximum Gasteiger partial charge on any atom is 0.292 e. The Morgan fingerprint density at radius 3 is 2.69 bits per heavy atom. The molecule has 2 heterocycles. The van der Waals surface area contributed by atoms with E-state index in [1.54, 1.807) is 36.5 Å². The Balaban J connectivity index is 1.64. The number of amides is 1. The molecule has 1 aliphatic rings. The van der Waals surface area contributed by atoms with Crippen molar-refractivity contribution >= 4 is 23.1 Å². The van der Waals surface area contributed by atoms with Crippen LogP contribution in [0.3, 0.4) is 0 Å². The van der Waals surface area contributed by atoms with Gasteiger partial charge in [0.1, 0.15) is 5.69 Å². The summed E-state index contributed by atoms with van der Waals surface area (Å²) < 4.78 is 5.19. The fourth-order valence-electron chi connectivity index (χ4n) is 3.14. The van der Waals surface area contributed by atoms with Crippen LogP contribution in [0, 0.1) is 16.0 Å². The fraction of sp³-hybridized carbons (Fsp3) is 0.333. The molecule has 0 bridgehead atoms. The van der Waals surface area contributed by atoms with Crippen molar-refractivity contribution in [3.8, 4) is 5.75 Å². The van der Waals surface area contributed by atoms with Crippen LogP contribution in [0.2, 0.25) is 0 Å². The van der Waals surface area contributed by atoms with Crippen LogP contribution >= 0.6 is 0 Å². The van der Waals surface area contributed by atoms with E-state index in [1.165, 1.54) is 13.2 Å². The van der Waals surface area contributed by atoms with E-state index in [2.05, 4.69) is 10.3 Å². The Labute approximate surface area is 150 Å². The molecule has 8 heteroatoms. The number of para-hydroxylation sites is 2. The maximum absolute atomic E-state index is 12.5. The van der Waals surface area contributed by atoms with Gasteiger partial charge in [-0.15, -0.1) is 0 Å². The van der Waals surface area contributed by atoms with Gasteiger partial charge in [-0.3, -0.25) is 14.9 Å². The Kier molecular flexibility index (Phi) is 5.31. The van der Waals surface area contributed by atoms with E-state index in [0.29, 0.717) is 43.2 Å². The van der Waals surface area contributed by atoms with E-state index < -0.39 is 0 Å². The predicted molar refractivity (Wildman–Crippen MR) is 97.5 cm³/mol. The van der Waals surface area contributed by atoms with Crippen LogP contribution in [-0.4, -0.2) is 36.0 Å². The molecule has 1 aromatic carbocycles. The molecular formula is C18H20N4O4. The summed E-state index contributed by atoms with van der Waals surface area (Å²) in [5, 5.41) is 14.0. The number of carbonyl (C=O) groups is 1. The van der Waals surface area contributed by atoms with Crippen LogP contribution in [0.1, 0.15) is 12.8 Å². The van der Waals surface area contributed by atoms with E-state index >= 15 is 0 Å². The molecule has 1 fully saturated rings. The highest BCUT2D eigenvalue weighted by Gasteiger charge is 2.28. The normalized spacial score (nSPS) is 14.7. The highest BCUT2D eigenvalue weighted by Crippen LogP contribution is 2.31.